The molecule has 1 atom stereocenters. The summed E-state index contributed by atoms with van der Waals surface area (Å²) in [7, 11) is 0. The first-order chi connectivity index (χ1) is 10.6. The molecule has 0 aliphatic carbocycles. The van der Waals surface area contributed by atoms with Crippen LogP contribution in [0.4, 0.5) is 0 Å². The molecule has 2 aromatic heterocycles. The van der Waals surface area contributed by atoms with Gasteiger partial charge in [0.25, 0.3) is 5.91 Å². The fraction of sp³-hybridized carbons (Fsp3) is 0.385. The van der Waals surface area contributed by atoms with Gasteiger partial charge in [-0.3, -0.25) is 4.79 Å². The van der Waals surface area contributed by atoms with Crippen LogP contribution in [0.2, 0.25) is 0 Å². The van der Waals surface area contributed by atoms with Crippen molar-refractivity contribution < 1.29 is 19.4 Å². The molecule has 22 heavy (non-hydrogen) atoms. The maximum Gasteiger partial charge on any atom is 0.328 e. The minimum Gasteiger partial charge on any atom is -0.480 e. The smallest absolute Gasteiger partial charge is 0.328 e. The zero-order valence-electron chi connectivity index (χ0n) is 11.6. The van der Waals surface area contributed by atoms with Gasteiger partial charge in [-0.25, -0.2) is 9.48 Å². The number of amides is 1. The maximum absolute atomic E-state index is 12.4. The molecule has 3 rings (SSSR count). The highest BCUT2D eigenvalue weighted by atomic mass is 32.1. The molecule has 1 aliphatic heterocycles. The number of hydrogen-bond donors (Lipinski definition) is 1. The molecule has 1 saturated heterocycles. The Morgan fingerprint density at radius 1 is 1.50 bits per heavy atom. The number of aliphatic carboxylic acids is 1. The van der Waals surface area contributed by atoms with Crippen LogP contribution in [0.25, 0.3) is 0 Å². The van der Waals surface area contributed by atoms with Crippen molar-refractivity contribution in [2.24, 2.45) is 0 Å². The molecule has 1 amide bonds. The molecule has 1 N–H and O–H groups in total. The van der Waals surface area contributed by atoms with E-state index < -0.39 is 17.9 Å². The van der Waals surface area contributed by atoms with Gasteiger partial charge in [-0.1, -0.05) is 11.3 Å². The zero-order chi connectivity index (χ0) is 15.5. The lowest BCUT2D eigenvalue weighted by Gasteiger charge is -2.32. The summed E-state index contributed by atoms with van der Waals surface area (Å²) < 4.78 is 6.69. The lowest BCUT2D eigenvalue weighted by atomic mass is 10.2. The van der Waals surface area contributed by atoms with Gasteiger partial charge in [0, 0.05) is 11.4 Å². The standard InChI is InChI=1S/C13H14N4O4S/c18-12(17-3-4-21-8-11(17)13(19)20)10-7-16(15-14-10)6-9-2-1-5-22-9/h1-2,5,7,11H,3-4,6,8H2,(H,19,20). The van der Waals surface area contributed by atoms with Gasteiger partial charge in [0.05, 0.1) is 26.0 Å². The van der Waals surface area contributed by atoms with E-state index in [1.165, 1.54) is 11.1 Å². The third-order valence-electron chi connectivity index (χ3n) is 3.33. The maximum atomic E-state index is 12.4. The van der Waals surface area contributed by atoms with Crippen LogP contribution in [0, 0.1) is 0 Å². The summed E-state index contributed by atoms with van der Waals surface area (Å²) in [6.45, 7) is 1.07. The van der Waals surface area contributed by atoms with Crippen molar-refractivity contribution in [1.82, 2.24) is 19.9 Å². The number of aromatic nitrogens is 3. The van der Waals surface area contributed by atoms with Crippen molar-refractivity contribution in [1.29, 1.82) is 0 Å². The predicted octanol–water partition coefficient (Wildman–Crippen LogP) is 0.313. The van der Waals surface area contributed by atoms with E-state index in [1.807, 2.05) is 17.5 Å². The molecule has 0 aromatic carbocycles. The Morgan fingerprint density at radius 3 is 3.09 bits per heavy atom. The van der Waals surface area contributed by atoms with Gasteiger partial charge < -0.3 is 14.7 Å². The Kier molecular flexibility index (Phi) is 4.16. The number of ether oxygens (including phenoxy) is 1. The van der Waals surface area contributed by atoms with Gasteiger partial charge in [-0.15, -0.1) is 16.4 Å². The first-order valence-corrected chi connectivity index (χ1v) is 7.57. The van der Waals surface area contributed by atoms with Crippen molar-refractivity contribution in [2.75, 3.05) is 19.8 Å². The normalized spacial score (nSPS) is 18.4. The van der Waals surface area contributed by atoms with Crippen LogP contribution in [-0.4, -0.2) is 62.7 Å². The molecule has 0 spiro atoms. The molecule has 1 aliphatic rings. The number of thiophene rings is 1. The average Bonchev–Trinajstić information content (AvgIpc) is 3.19. The number of hydrogen-bond acceptors (Lipinski definition) is 6. The van der Waals surface area contributed by atoms with Gasteiger partial charge >= 0.3 is 5.97 Å². The van der Waals surface area contributed by atoms with E-state index in [0.29, 0.717) is 13.2 Å². The second-order valence-corrected chi connectivity index (χ2v) is 5.84. The van der Waals surface area contributed by atoms with Crippen molar-refractivity contribution in [3.63, 3.8) is 0 Å². The summed E-state index contributed by atoms with van der Waals surface area (Å²) in [6.07, 6.45) is 1.54. The summed E-state index contributed by atoms with van der Waals surface area (Å²) in [5, 5.41) is 18.9. The second kappa shape index (κ2) is 6.24. The topological polar surface area (TPSA) is 97.6 Å². The molecule has 3 heterocycles. The van der Waals surface area contributed by atoms with Crippen LogP contribution in [0.15, 0.2) is 23.7 Å². The van der Waals surface area contributed by atoms with E-state index in [9.17, 15) is 9.59 Å². The molecule has 1 unspecified atom stereocenters. The Labute approximate surface area is 129 Å². The van der Waals surface area contributed by atoms with Gasteiger partial charge in [0.15, 0.2) is 11.7 Å². The average molecular weight is 322 g/mol. The van der Waals surface area contributed by atoms with Crippen LogP contribution < -0.4 is 0 Å². The van der Waals surface area contributed by atoms with Crippen molar-refractivity contribution in [3.8, 4) is 0 Å². The summed E-state index contributed by atoms with van der Waals surface area (Å²) in [5.74, 6) is -1.52. The molecule has 9 heteroatoms. The number of carbonyl (C=O) groups excluding carboxylic acids is 1. The number of carbonyl (C=O) groups is 2. The molecular weight excluding hydrogens is 308 g/mol. The first kappa shape index (κ1) is 14.7. The highest BCUT2D eigenvalue weighted by Gasteiger charge is 2.34. The monoisotopic (exact) mass is 322 g/mol. The van der Waals surface area contributed by atoms with E-state index in [2.05, 4.69) is 10.3 Å². The Balaban J connectivity index is 1.74. The second-order valence-electron chi connectivity index (χ2n) is 4.81. The van der Waals surface area contributed by atoms with Gasteiger partial charge in [0.1, 0.15) is 0 Å². The summed E-state index contributed by atoms with van der Waals surface area (Å²) in [5.41, 5.74) is 0.143. The highest BCUT2D eigenvalue weighted by molar-refractivity contribution is 7.09. The Hall–Kier alpha value is -2.26. The fourth-order valence-electron chi connectivity index (χ4n) is 2.23. The molecule has 8 nitrogen and oxygen atoms in total. The Bertz CT molecular complexity index is 669. The third-order valence-corrected chi connectivity index (χ3v) is 4.19. The van der Waals surface area contributed by atoms with E-state index in [-0.39, 0.29) is 18.8 Å². The number of morpholine rings is 1. The summed E-state index contributed by atoms with van der Waals surface area (Å²) in [6, 6.07) is 2.92. The van der Waals surface area contributed by atoms with Gasteiger partial charge in [-0.05, 0) is 11.4 Å². The van der Waals surface area contributed by atoms with Crippen LogP contribution >= 0.6 is 11.3 Å². The minimum atomic E-state index is -1.08. The Morgan fingerprint density at radius 2 is 2.36 bits per heavy atom. The van der Waals surface area contributed by atoms with Crippen LogP contribution in [0.1, 0.15) is 15.4 Å². The lowest BCUT2D eigenvalue weighted by Crippen LogP contribution is -2.52. The van der Waals surface area contributed by atoms with Crippen molar-refractivity contribution in [3.05, 3.63) is 34.3 Å². The van der Waals surface area contributed by atoms with Crippen molar-refractivity contribution in [2.45, 2.75) is 12.6 Å². The summed E-state index contributed by atoms with van der Waals surface area (Å²) >= 11 is 1.59. The van der Waals surface area contributed by atoms with E-state index in [0.717, 1.165) is 4.88 Å². The zero-order valence-corrected chi connectivity index (χ0v) is 12.4. The first-order valence-electron chi connectivity index (χ1n) is 6.69. The molecule has 2 aromatic rings. The number of carboxylic acid groups (broad SMARTS) is 1. The molecule has 0 radical (unpaired) electrons. The SMILES string of the molecule is O=C(O)C1COCCN1C(=O)c1cn(Cc2cccs2)nn1. The molecule has 0 bridgehead atoms. The third kappa shape index (κ3) is 3.00. The number of rotatable bonds is 4. The minimum absolute atomic E-state index is 0.00952. The highest BCUT2D eigenvalue weighted by Crippen LogP contribution is 2.13. The van der Waals surface area contributed by atoms with E-state index in [1.54, 1.807) is 16.0 Å². The molecule has 116 valence electrons. The van der Waals surface area contributed by atoms with Crippen LogP contribution in [-0.2, 0) is 16.1 Å². The number of carboxylic acids is 1. The lowest BCUT2D eigenvalue weighted by molar-refractivity contribution is -0.147. The molecule has 1 fully saturated rings. The van der Waals surface area contributed by atoms with E-state index in [4.69, 9.17) is 9.84 Å². The van der Waals surface area contributed by atoms with E-state index >= 15 is 0 Å². The molecular formula is C13H14N4O4S. The van der Waals surface area contributed by atoms with Crippen LogP contribution in [0.5, 0.6) is 0 Å². The fourth-order valence-corrected chi connectivity index (χ4v) is 2.93. The van der Waals surface area contributed by atoms with Gasteiger partial charge in [-0.2, -0.15) is 0 Å². The molecule has 0 saturated carbocycles. The summed E-state index contributed by atoms with van der Waals surface area (Å²) in [4.78, 5) is 26.0. The largest absolute Gasteiger partial charge is 0.480 e. The van der Waals surface area contributed by atoms with Crippen molar-refractivity contribution >= 4 is 23.2 Å². The predicted molar refractivity (Wildman–Crippen MR) is 76.7 cm³/mol. The quantitative estimate of drug-likeness (QED) is 0.870. The van der Waals surface area contributed by atoms with Crippen LogP contribution in [0.3, 0.4) is 0 Å². The van der Waals surface area contributed by atoms with Gasteiger partial charge in [0.2, 0.25) is 0 Å². The number of nitrogens with zero attached hydrogens (tertiary/aromatic N) is 4.